The van der Waals surface area contributed by atoms with Gasteiger partial charge in [-0.1, -0.05) is 23.8 Å². The molecule has 0 fully saturated rings. The molecule has 1 unspecified atom stereocenters. The molecule has 0 radical (unpaired) electrons. The molecule has 2 nitrogen and oxygen atoms in total. The molecule has 0 aliphatic rings. The van der Waals surface area contributed by atoms with Gasteiger partial charge in [-0.05, 0) is 49.6 Å². The van der Waals surface area contributed by atoms with Crippen molar-refractivity contribution < 1.29 is 0 Å². The number of hydrogen-bond acceptors (Lipinski definition) is 2. The first-order valence-corrected chi connectivity index (χ1v) is 5.83. The van der Waals surface area contributed by atoms with Crippen LogP contribution in [0.4, 0.5) is 0 Å². The molecule has 1 heterocycles. The van der Waals surface area contributed by atoms with Crippen LogP contribution in [0.25, 0.3) is 0 Å². The van der Waals surface area contributed by atoms with Crippen LogP contribution < -0.4 is 5.73 Å². The summed E-state index contributed by atoms with van der Waals surface area (Å²) < 4.78 is 0. The van der Waals surface area contributed by atoms with Crippen LogP contribution in [0.5, 0.6) is 0 Å². The maximum atomic E-state index is 6.27. The van der Waals surface area contributed by atoms with Crippen molar-refractivity contribution >= 4 is 0 Å². The zero-order chi connectivity index (χ0) is 12.4. The van der Waals surface area contributed by atoms with Crippen LogP contribution in [0.2, 0.25) is 0 Å². The van der Waals surface area contributed by atoms with Gasteiger partial charge in [0.2, 0.25) is 0 Å². The minimum atomic E-state index is -0.143. The highest BCUT2D eigenvalue weighted by Crippen LogP contribution is 2.22. The lowest BCUT2D eigenvalue weighted by atomic mass is 9.97. The number of rotatable bonds is 2. The summed E-state index contributed by atoms with van der Waals surface area (Å²) in [5.41, 5.74) is 12.0. The second kappa shape index (κ2) is 4.68. The van der Waals surface area contributed by atoms with Crippen LogP contribution in [0.3, 0.4) is 0 Å². The molecule has 2 rings (SSSR count). The van der Waals surface area contributed by atoms with E-state index in [1.165, 1.54) is 16.7 Å². The lowest BCUT2D eigenvalue weighted by Gasteiger charge is -2.15. The second-order valence-corrected chi connectivity index (χ2v) is 4.60. The maximum absolute atomic E-state index is 6.27. The molecular weight excluding hydrogens is 208 g/mol. The van der Waals surface area contributed by atoms with E-state index in [0.29, 0.717) is 0 Å². The van der Waals surface area contributed by atoms with Crippen LogP contribution in [0.15, 0.2) is 36.5 Å². The SMILES string of the molecule is Cc1ccnc(C(N)c2ccc(C)cc2C)c1. The third kappa shape index (κ3) is 2.53. The Morgan fingerprint density at radius 2 is 1.71 bits per heavy atom. The van der Waals surface area contributed by atoms with Crippen molar-refractivity contribution in [3.8, 4) is 0 Å². The van der Waals surface area contributed by atoms with Gasteiger partial charge in [0.15, 0.2) is 0 Å². The first-order chi connectivity index (χ1) is 8.08. The second-order valence-electron chi connectivity index (χ2n) is 4.60. The van der Waals surface area contributed by atoms with Crippen LogP contribution in [-0.2, 0) is 0 Å². The highest BCUT2D eigenvalue weighted by molar-refractivity contribution is 5.37. The monoisotopic (exact) mass is 226 g/mol. The van der Waals surface area contributed by atoms with Crippen LogP contribution in [0, 0.1) is 20.8 Å². The highest BCUT2D eigenvalue weighted by Gasteiger charge is 2.12. The zero-order valence-electron chi connectivity index (χ0n) is 10.6. The summed E-state index contributed by atoms with van der Waals surface area (Å²) in [5.74, 6) is 0. The van der Waals surface area contributed by atoms with Crippen molar-refractivity contribution in [2.75, 3.05) is 0 Å². The average molecular weight is 226 g/mol. The number of nitrogens with two attached hydrogens (primary N) is 1. The fourth-order valence-corrected chi connectivity index (χ4v) is 2.06. The first kappa shape index (κ1) is 11.8. The predicted molar refractivity (Wildman–Crippen MR) is 70.9 cm³/mol. The van der Waals surface area contributed by atoms with E-state index in [-0.39, 0.29) is 6.04 Å². The third-order valence-corrected chi connectivity index (χ3v) is 3.02. The van der Waals surface area contributed by atoms with Crippen molar-refractivity contribution in [1.29, 1.82) is 0 Å². The van der Waals surface area contributed by atoms with Crippen LogP contribution in [0.1, 0.15) is 34.0 Å². The van der Waals surface area contributed by atoms with Crippen LogP contribution >= 0.6 is 0 Å². The molecule has 1 aromatic carbocycles. The summed E-state index contributed by atoms with van der Waals surface area (Å²) in [7, 11) is 0. The van der Waals surface area contributed by atoms with Crippen molar-refractivity contribution in [2.24, 2.45) is 5.73 Å². The Bertz CT molecular complexity index is 532. The number of benzene rings is 1. The molecule has 0 bridgehead atoms. The molecule has 2 N–H and O–H groups in total. The van der Waals surface area contributed by atoms with Gasteiger partial charge in [0.05, 0.1) is 11.7 Å². The lowest BCUT2D eigenvalue weighted by Crippen LogP contribution is -2.15. The Morgan fingerprint density at radius 3 is 2.35 bits per heavy atom. The molecule has 88 valence electrons. The molecule has 0 saturated carbocycles. The van der Waals surface area contributed by atoms with Crippen molar-refractivity contribution in [3.05, 3.63) is 64.5 Å². The molecule has 2 heteroatoms. The van der Waals surface area contributed by atoms with Crippen molar-refractivity contribution in [1.82, 2.24) is 4.98 Å². The van der Waals surface area contributed by atoms with E-state index < -0.39 is 0 Å². The first-order valence-electron chi connectivity index (χ1n) is 5.83. The molecule has 17 heavy (non-hydrogen) atoms. The summed E-state index contributed by atoms with van der Waals surface area (Å²) in [5, 5.41) is 0. The minimum absolute atomic E-state index is 0.143. The molecular formula is C15H18N2. The summed E-state index contributed by atoms with van der Waals surface area (Å²) >= 11 is 0. The molecule has 1 aromatic heterocycles. The molecule has 0 saturated heterocycles. The molecule has 0 spiro atoms. The Balaban J connectivity index is 2.40. The fraction of sp³-hybridized carbons (Fsp3) is 0.267. The Labute approximate surface area is 103 Å². The van der Waals surface area contributed by atoms with E-state index >= 15 is 0 Å². The molecule has 1 atom stereocenters. The summed E-state index contributed by atoms with van der Waals surface area (Å²) in [6, 6.07) is 10.2. The topological polar surface area (TPSA) is 38.9 Å². The summed E-state index contributed by atoms with van der Waals surface area (Å²) in [4.78, 5) is 4.35. The highest BCUT2D eigenvalue weighted by atomic mass is 14.8. The van der Waals surface area contributed by atoms with E-state index in [0.717, 1.165) is 11.3 Å². The van der Waals surface area contributed by atoms with Crippen LogP contribution in [-0.4, -0.2) is 4.98 Å². The molecule has 0 amide bonds. The Kier molecular flexibility index (Phi) is 3.25. The predicted octanol–water partition coefficient (Wildman–Crippen LogP) is 3.05. The largest absolute Gasteiger partial charge is 0.319 e. The van der Waals surface area contributed by atoms with E-state index in [4.69, 9.17) is 5.73 Å². The van der Waals surface area contributed by atoms with Crippen molar-refractivity contribution in [3.63, 3.8) is 0 Å². The van der Waals surface area contributed by atoms with E-state index in [2.05, 4.69) is 44.0 Å². The van der Waals surface area contributed by atoms with E-state index in [1.54, 1.807) is 0 Å². The van der Waals surface area contributed by atoms with Gasteiger partial charge in [-0.15, -0.1) is 0 Å². The summed E-state index contributed by atoms with van der Waals surface area (Å²) in [6.07, 6.45) is 1.81. The van der Waals surface area contributed by atoms with Gasteiger partial charge >= 0.3 is 0 Å². The van der Waals surface area contributed by atoms with Crippen molar-refractivity contribution in [2.45, 2.75) is 26.8 Å². The average Bonchev–Trinajstić information content (AvgIpc) is 2.28. The number of aryl methyl sites for hydroxylation is 3. The number of nitrogens with zero attached hydrogens (tertiary/aromatic N) is 1. The Hall–Kier alpha value is -1.67. The van der Waals surface area contributed by atoms with Gasteiger partial charge in [-0.25, -0.2) is 0 Å². The van der Waals surface area contributed by atoms with Gasteiger partial charge in [-0.3, -0.25) is 4.98 Å². The maximum Gasteiger partial charge on any atom is 0.0729 e. The van der Waals surface area contributed by atoms with E-state index in [1.807, 2.05) is 18.3 Å². The minimum Gasteiger partial charge on any atom is -0.319 e. The quantitative estimate of drug-likeness (QED) is 0.854. The standard InChI is InChI=1S/C15H18N2/c1-10-4-5-13(12(3)8-10)15(16)14-9-11(2)6-7-17-14/h4-9,15H,16H2,1-3H3. The number of pyridine rings is 1. The fourth-order valence-electron chi connectivity index (χ4n) is 2.06. The lowest BCUT2D eigenvalue weighted by molar-refractivity contribution is 0.818. The number of hydrogen-bond donors (Lipinski definition) is 1. The Morgan fingerprint density at radius 1 is 1.00 bits per heavy atom. The number of aromatic nitrogens is 1. The van der Waals surface area contributed by atoms with Gasteiger partial charge in [0.25, 0.3) is 0 Å². The van der Waals surface area contributed by atoms with Gasteiger partial charge in [0.1, 0.15) is 0 Å². The molecule has 2 aromatic rings. The van der Waals surface area contributed by atoms with E-state index in [9.17, 15) is 0 Å². The third-order valence-electron chi connectivity index (χ3n) is 3.02. The summed E-state index contributed by atoms with van der Waals surface area (Å²) in [6.45, 7) is 6.24. The normalized spacial score (nSPS) is 12.5. The smallest absolute Gasteiger partial charge is 0.0729 e. The zero-order valence-corrected chi connectivity index (χ0v) is 10.6. The molecule has 0 aliphatic carbocycles. The van der Waals surface area contributed by atoms with Gasteiger partial charge in [0, 0.05) is 6.20 Å². The molecule has 0 aliphatic heterocycles. The van der Waals surface area contributed by atoms with Gasteiger partial charge < -0.3 is 5.73 Å². The van der Waals surface area contributed by atoms with Gasteiger partial charge in [-0.2, -0.15) is 0 Å².